The molecule has 2 nitrogen and oxygen atoms in total. The molecular formula is C11H13F2NO. The van der Waals surface area contributed by atoms with Gasteiger partial charge < -0.3 is 0 Å². The maximum absolute atomic E-state index is 13.2. The van der Waals surface area contributed by atoms with Gasteiger partial charge in [0.1, 0.15) is 11.6 Å². The molecule has 1 aromatic carbocycles. The first-order valence-corrected chi connectivity index (χ1v) is 4.71. The Morgan fingerprint density at radius 3 is 2.67 bits per heavy atom. The molecule has 0 radical (unpaired) electrons. The molecule has 0 fully saturated rings. The number of carbonyl (C=O) groups excluding carboxylic acids is 1. The molecule has 0 N–H and O–H groups in total. The molecule has 4 heteroatoms. The highest BCUT2D eigenvalue weighted by molar-refractivity contribution is 5.97. The smallest absolute Gasteiger partial charge is 0.179 e. The molecule has 0 atom stereocenters. The van der Waals surface area contributed by atoms with Gasteiger partial charge in [-0.3, -0.25) is 9.69 Å². The summed E-state index contributed by atoms with van der Waals surface area (Å²) in [6, 6.07) is 2.89. The summed E-state index contributed by atoms with van der Waals surface area (Å²) < 4.78 is 26.0. The van der Waals surface area contributed by atoms with E-state index in [1.165, 1.54) is 0 Å². The van der Waals surface area contributed by atoms with Crippen LogP contribution in [0.1, 0.15) is 17.3 Å². The zero-order chi connectivity index (χ0) is 11.4. The Hall–Kier alpha value is -1.29. The third-order valence-electron chi connectivity index (χ3n) is 2.18. The van der Waals surface area contributed by atoms with Gasteiger partial charge in [0.25, 0.3) is 0 Å². The lowest BCUT2D eigenvalue weighted by molar-refractivity contribution is 0.0944. The van der Waals surface area contributed by atoms with Crippen molar-refractivity contribution >= 4 is 5.78 Å². The van der Waals surface area contributed by atoms with Gasteiger partial charge in [0.05, 0.1) is 12.1 Å². The molecule has 0 aliphatic carbocycles. The fraction of sp³-hybridized carbons (Fsp3) is 0.364. The van der Waals surface area contributed by atoms with Crippen molar-refractivity contribution in [2.45, 2.75) is 6.92 Å². The van der Waals surface area contributed by atoms with Crippen molar-refractivity contribution in [2.75, 3.05) is 20.1 Å². The highest BCUT2D eigenvalue weighted by Gasteiger charge is 2.13. The minimum atomic E-state index is -0.675. The second kappa shape index (κ2) is 4.98. The molecule has 0 saturated carbocycles. The van der Waals surface area contributed by atoms with Crippen molar-refractivity contribution in [3.05, 3.63) is 35.4 Å². The van der Waals surface area contributed by atoms with E-state index in [0.717, 1.165) is 18.2 Å². The predicted molar refractivity (Wildman–Crippen MR) is 53.9 cm³/mol. The van der Waals surface area contributed by atoms with Crippen LogP contribution in [0.25, 0.3) is 0 Å². The monoisotopic (exact) mass is 213 g/mol. The first-order chi connectivity index (χ1) is 7.04. The maximum Gasteiger partial charge on any atom is 0.179 e. The van der Waals surface area contributed by atoms with Crippen molar-refractivity contribution in [3.63, 3.8) is 0 Å². The zero-order valence-electron chi connectivity index (χ0n) is 8.76. The van der Waals surface area contributed by atoms with Gasteiger partial charge in [-0.15, -0.1) is 0 Å². The van der Waals surface area contributed by atoms with Crippen molar-refractivity contribution in [2.24, 2.45) is 0 Å². The number of benzene rings is 1. The summed E-state index contributed by atoms with van der Waals surface area (Å²) in [5, 5.41) is 0. The first-order valence-electron chi connectivity index (χ1n) is 4.71. The summed E-state index contributed by atoms with van der Waals surface area (Å²) in [4.78, 5) is 13.3. The maximum atomic E-state index is 13.2. The molecule has 0 unspecified atom stereocenters. The number of Topliss-reactive ketones (excluding diaryl/α,β-unsaturated/α-hetero) is 1. The van der Waals surface area contributed by atoms with Gasteiger partial charge in [0, 0.05) is 0 Å². The van der Waals surface area contributed by atoms with E-state index in [1.54, 1.807) is 11.9 Å². The van der Waals surface area contributed by atoms with E-state index in [1.807, 2.05) is 6.92 Å². The largest absolute Gasteiger partial charge is 0.299 e. The minimum Gasteiger partial charge on any atom is -0.299 e. The van der Waals surface area contributed by atoms with Crippen LogP contribution in [-0.4, -0.2) is 30.8 Å². The first kappa shape index (κ1) is 11.8. The Morgan fingerprint density at radius 1 is 1.40 bits per heavy atom. The predicted octanol–water partition coefficient (Wildman–Crippen LogP) is 2.10. The summed E-state index contributed by atoms with van der Waals surface area (Å²) in [5.74, 6) is -1.68. The van der Waals surface area contributed by atoms with Gasteiger partial charge in [-0.2, -0.15) is 0 Å². The summed E-state index contributed by atoms with van der Waals surface area (Å²) in [6.07, 6.45) is 0. The van der Waals surface area contributed by atoms with Crippen LogP contribution in [-0.2, 0) is 0 Å². The normalized spacial score (nSPS) is 10.7. The Kier molecular flexibility index (Phi) is 3.91. The number of nitrogens with zero attached hydrogens (tertiary/aromatic N) is 1. The van der Waals surface area contributed by atoms with Crippen molar-refractivity contribution in [1.82, 2.24) is 4.90 Å². The Bertz CT molecular complexity index is 366. The molecule has 0 aliphatic rings. The lowest BCUT2D eigenvalue weighted by Crippen LogP contribution is -2.26. The number of carbonyl (C=O) groups is 1. The van der Waals surface area contributed by atoms with E-state index in [-0.39, 0.29) is 12.1 Å². The summed E-state index contributed by atoms with van der Waals surface area (Å²) >= 11 is 0. The number of halogens is 2. The van der Waals surface area contributed by atoms with Crippen LogP contribution in [0.5, 0.6) is 0 Å². The second-order valence-electron chi connectivity index (χ2n) is 3.38. The number of ketones is 1. The third kappa shape index (κ3) is 3.09. The summed E-state index contributed by atoms with van der Waals surface area (Å²) in [5.41, 5.74) is -0.185. The highest BCUT2D eigenvalue weighted by Crippen LogP contribution is 2.10. The molecular weight excluding hydrogens is 200 g/mol. The van der Waals surface area contributed by atoms with Crippen LogP contribution in [0.4, 0.5) is 8.78 Å². The SMILES string of the molecule is CCN(C)CC(=O)c1cc(F)ccc1F. The second-order valence-corrected chi connectivity index (χ2v) is 3.38. The minimum absolute atomic E-state index is 0.0941. The van der Waals surface area contributed by atoms with Crippen LogP contribution in [0.2, 0.25) is 0 Å². The molecule has 1 aromatic rings. The van der Waals surface area contributed by atoms with Gasteiger partial charge in [-0.25, -0.2) is 8.78 Å². The average molecular weight is 213 g/mol. The highest BCUT2D eigenvalue weighted by atomic mass is 19.1. The molecule has 0 heterocycles. The fourth-order valence-corrected chi connectivity index (χ4v) is 1.15. The fourth-order valence-electron chi connectivity index (χ4n) is 1.15. The molecule has 1 rings (SSSR count). The zero-order valence-corrected chi connectivity index (χ0v) is 8.76. The Balaban J connectivity index is 2.86. The van der Waals surface area contributed by atoms with Crippen molar-refractivity contribution < 1.29 is 13.6 Å². The van der Waals surface area contributed by atoms with E-state index < -0.39 is 17.4 Å². The molecule has 15 heavy (non-hydrogen) atoms. The van der Waals surface area contributed by atoms with E-state index in [4.69, 9.17) is 0 Å². The Labute approximate surface area is 87.5 Å². The molecule has 0 aromatic heterocycles. The summed E-state index contributed by atoms with van der Waals surface area (Å²) in [6.45, 7) is 2.66. The molecule has 0 bridgehead atoms. The topological polar surface area (TPSA) is 20.3 Å². The van der Waals surface area contributed by atoms with Gasteiger partial charge in [0.15, 0.2) is 5.78 Å². The van der Waals surface area contributed by atoms with E-state index in [9.17, 15) is 13.6 Å². The van der Waals surface area contributed by atoms with Crippen LogP contribution in [0.15, 0.2) is 18.2 Å². The molecule has 0 amide bonds. The standard InChI is InChI=1S/C11H13F2NO/c1-3-14(2)7-11(15)9-6-8(12)4-5-10(9)13/h4-6H,3,7H2,1-2H3. The van der Waals surface area contributed by atoms with Crippen LogP contribution in [0, 0.1) is 11.6 Å². The van der Waals surface area contributed by atoms with E-state index >= 15 is 0 Å². The van der Waals surface area contributed by atoms with Crippen LogP contribution < -0.4 is 0 Å². The number of rotatable bonds is 4. The number of hydrogen-bond donors (Lipinski definition) is 0. The van der Waals surface area contributed by atoms with Crippen molar-refractivity contribution in [1.29, 1.82) is 0 Å². The van der Waals surface area contributed by atoms with Gasteiger partial charge >= 0.3 is 0 Å². The number of likely N-dealkylation sites (N-methyl/N-ethyl adjacent to an activating group) is 1. The lowest BCUT2D eigenvalue weighted by atomic mass is 10.1. The average Bonchev–Trinajstić information content (AvgIpc) is 2.21. The quantitative estimate of drug-likeness (QED) is 0.714. The van der Waals surface area contributed by atoms with Gasteiger partial charge in [0.2, 0.25) is 0 Å². The lowest BCUT2D eigenvalue weighted by Gasteiger charge is -2.12. The van der Waals surface area contributed by atoms with Gasteiger partial charge in [-0.05, 0) is 31.8 Å². The molecule has 82 valence electrons. The number of hydrogen-bond acceptors (Lipinski definition) is 2. The molecule has 0 saturated heterocycles. The summed E-state index contributed by atoms with van der Waals surface area (Å²) in [7, 11) is 1.75. The van der Waals surface area contributed by atoms with Crippen LogP contribution in [0.3, 0.4) is 0 Å². The van der Waals surface area contributed by atoms with E-state index in [2.05, 4.69) is 0 Å². The van der Waals surface area contributed by atoms with E-state index in [0.29, 0.717) is 6.54 Å². The Morgan fingerprint density at radius 2 is 2.07 bits per heavy atom. The molecule has 0 spiro atoms. The van der Waals surface area contributed by atoms with Crippen molar-refractivity contribution in [3.8, 4) is 0 Å². The third-order valence-corrected chi connectivity index (χ3v) is 2.18. The molecule has 0 aliphatic heterocycles. The van der Waals surface area contributed by atoms with Gasteiger partial charge in [-0.1, -0.05) is 6.92 Å². The van der Waals surface area contributed by atoms with Crippen LogP contribution >= 0.6 is 0 Å².